The van der Waals surface area contributed by atoms with Crippen molar-refractivity contribution in [1.29, 1.82) is 0 Å². The van der Waals surface area contributed by atoms with Gasteiger partial charge in [0.1, 0.15) is 0 Å². The molecule has 4 rings (SSSR count). The molecule has 4 nitrogen and oxygen atoms in total. The van der Waals surface area contributed by atoms with Gasteiger partial charge in [-0.2, -0.15) is 11.8 Å². The highest BCUT2D eigenvalue weighted by Crippen LogP contribution is 2.24. The van der Waals surface area contributed by atoms with Gasteiger partial charge in [-0.25, -0.2) is 0 Å². The van der Waals surface area contributed by atoms with Crippen LogP contribution >= 0.6 is 23.5 Å². The zero-order valence-electron chi connectivity index (χ0n) is 16.9. The van der Waals surface area contributed by atoms with E-state index in [2.05, 4.69) is 29.6 Å². The van der Waals surface area contributed by atoms with E-state index in [9.17, 15) is 9.59 Å². The average Bonchev–Trinajstić information content (AvgIpc) is 2.79. The Bertz CT molecular complexity index is 1080. The highest BCUT2D eigenvalue weighted by Gasteiger charge is 2.19. The molecule has 1 aliphatic rings. The zero-order valence-corrected chi connectivity index (χ0v) is 18.5. The number of anilines is 1. The van der Waals surface area contributed by atoms with Crippen molar-refractivity contribution in [3.05, 3.63) is 71.8 Å². The fourth-order valence-corrected chi connectivity index (χ4v) is 5.13. The van der Waals surface area contributed by atoms with Crippen LogP contribution in [0, 0.1) is 6.92 Å². The normalized spacial score (nSPS) is 14.0. The minimum atomic E-state index is -0.0524. The summed E-state index contributed by atoms with van der Waals surface area (Å²) in [5.41, 5.74) is 2.34. The van der Waals surface area contributed by atoms with Crippen LogP contribution in [0.15, 0.2) is 65.6 Å². The third-order valence-corrected chi connectivity index (χ3v) is 7.07. The van der Waals surface area contributed by atoms with Gasteiger partial charge in [-0.05, 0) is 53.6 Å². The van der Waals surface area contributed by atoms with Gasteiger partial charge >= 0.3 is 0 Å². The quantitative estimate of drug-likeness (QED) is 0.568. The molecule has 1 fully saturated rings. The molecule has 30 heavy (non-hydrogen) atoms. The molecule has 1 saturated heterocycles. The monoisotopic (exact) mass is 436 g/mol. The molecular weight excluding hydrogens is 412 g/mol. The lowest BCUT2D eigenvalue weighted by molar-refractivity contribution is -0.113. The van der Waals surface area contributed by atoms with E-state index in [-0.39, 0.29) is 11.8 Å². The number of fused-ring (bicyclic) bond motifs is 1. The minimum Gasteiger partial charge on any atom is -0.337 e. The Kier molecular flexibility index (Phi) is 6.65. The van der Waals surface area contributed by atoms with Crippen molar-refractivity contribution in [2.24, 2.45) is 0 Å². The maximum absolute atomic E-state index is 12.7. The third kappa shape index (κ3) is 4.99. The van der Waals surface area contributed by atoms with Crippen LogP contribution in [0.2, 0.25) is 0 Å². The largest absolute Gasteiger partial charge is 0.337 e. The molecule has 0 spiro atoms. The molecule has 0 radical (unpaired) electrons. The van der Waals surface area contributed by atoms with Gasteiger partial charge in [0.2, 0.25) is 5.91 Å². The third-order valence-electron chi connectivity index (χ3n) is 5.14. The van der Waals surface area contributed by atoms with Crippen LogP contribution in [0.1, 0.15) is 15.9 Å². The Morgan fingerprint density at radius 1 is 1.00 bits per heavy atom. The smallest absolute Gasteiger partial charge is 0.253 e. The van der Waals surface area contributed by atoms with Crippen LogP contribution in [-0.4, -0.2) is 47.1 Å². The summed E-state index contributed by atoms with van der Waals surface area (Å²) >= 11 is 3.40. The first-order valence-corrected chi connectivity index (χ1v) is 12.1. The Labute approximate surface area is 185 Å². The number of benzene rings is 3. The highest BCUT2D eigenvalue weighted by molar-refractivity contribution is 8.00. The minimum absolute atomic E-state index is 0.0524. The standard InChI is InChI=1S/C24H24N2O2S2/c1-17-14-20(24(28)26-10-12-29-13-11-26)7-9-22(17)25-23(27)16-30-21-8-6-18-4-2-3-5-19(18)15-21/h2-9,14-15H,10-13,16H2,1H3,(H,25,27). The molecule has 0 aliphatic carbocycles. The number of amides is 2. The van der Waals surface area contributed by atoms with E-state index in [0.717, 1.165) is 40.7 Å². The highest BCUT2D eigenvalue weighted by atomic mass is 32.2. The van der Waals surface area contributed by atoms with Gasteiger partial charge < -0.3 is 10.2 Å². The van der Waals surface area contributed by atoms with Crippen molar-refractivity contribution in [2.45, 2.75) is 11.8 Å². The molecule has 1 heterocycles. The molecule has 1 N–H and O–H groups in total. The van der Waals surface area contributed by atoms with Crippen molar-refractivity contribution in [1.82, 2.24) is 4.90 Å². The number of carbonyl (C=O) groups is 2. The first-order valence-electron chi connectivity index (χ1n) is 9.99. The summed E-state index contributed by atoms with van der Waals surface area (Å²) in [5, 5.41) is 5.34. The summed E-state index contributed by atoms with van der Waals surface area (Å²) in [7, 11) is 0. The summed E-state index contributed by atoms with van der Waals surface area (Å²) in [6, 6.07) is 19.9. The molecule has 1 aliphatic heterocycles. The number of aryl methyl sites for hydroxylation is 1. The Balaban J connectivity index is 1.36. The predicted molar refractivity (Wildman–Crippen MR) is 128 cm³/mol. The molecule has 3 aromatic rings. The number of carbonyl (C=O) groups excluding carboxylic acids is 2. The summed E-state index contributed by atoms with van der Waals surface area (Å²) in [4.78, 5) is 28.1. The van der Waals surface area contributed by atoms with Crippen molar-refractivity contribution < 1.29 is 9.59 Å². The fourth-order valence-electron chi connectivity index (χ4n) is 3.48. The second kappa shape index (κ2) is 9.58. The van der Waals surface area contributed by atoms with Gasteiger partial charge in [-0.3, -0.25) is 9.59 Å². The summed E-state index contributed by atoms with van der Waals surface area (Å²) in [6.07, 6.45) is 0. The Morgan fingerprint density at radius 3 is 2.53 bits per heavy atom. The maximum Gasteiger partial charge on any atom is 0.253 e. The lowest BCUT2D eigenvalue weighted by Crippen LogP contribution is -2.37. The van der Waals surface area contributed by atoms with Crippen molar-refractivity contribution in [3.63, 3.8) is 0 Å². The van der Waals surface area contributed by atoms with E-state index in [1.807, 2.05) is 60.0 Å². The van der Waals surface area contributed by atoms with Crippen LogP contribution in [0.4, 0.5) is 5.69 Å². The fraction of sp³-hybridized carbons (Fsp3) is 0.250. The lowest BCUT2D eigenvalue weighted by Gasteiger charge is -2.26. The Morgan fingerprint density at radius 2 is 1.77 bits per heavy atom. The van der Waals surface area contributed by atoms with Gasteiger partial charge in [0.15, 0.2) is 0 Å². The number of hydrogen-bond donors (Lipinski definition) is 1. The number of thioether (sulfide) groups is 2. The summed E-state index contributed by atoms with van der Waals surface area (Å²) in [5.74, 6) is 2.34. The second-order valence-corrected chi connectivity index (χ2v) is 9.55. The molecule has 2 amide bonds. The molecule has 0 saturated carbocycles. The summed E-state index contributed by atoms with van der Waals surface area (Å²) in [6.45, 7) is 3.52. The van der Waals surface area contributed by atoms with Crippen molar-refractivity contribution in [2.75, 3.05) is 35.7 Å². The molecule has 154 valence electrons. The van der Waals surface area contributed by atoms with Crippen molar-refractivity contribution >= 4 is 51.8 Å². The van der Waals surface area contributed by atoms with Gasteiger partial charge in [0, 0.05) is 40.7 Å². The van der Waals surface area contributed by atoms with E-state index in [4.69, 9.17) is 0 Å². The molecule has 0 atom stereocenters. The first kappa shape index (κ1) is 20.8. The van der Waals surface area contributed by atoms with E-state index in [1.165, 1.54) is 22.5 Å². The summed E-state index contributed by atoms with van der Waals surface area (Å²) < 4.78 is 0. The maximum atomic E-state index is 12.7. The van der Waals surface area contributed by atoms with E-state index < -0.39 is 0 Å². The Hall–Kier alpha value is -2.44. The second-order valence-electron chi connectivity index (χ2n) is 7.28. The number of nitrogens with zero attached hydrogens (tertiary/aromatic N) is 1. The van der Waals surface area contributed by atoms with E-state index in [1.54, 1.807) is 0 Å². The van der Waals surface area contributed by atoms with Crippen LogP contribution in [0.25, 0.3) is 10.8 Å². The van der Waals surface area contributed by atoms with Crippen LogP contribution in [0.5, 0.6) is 0 Å². The zero-order chi connectivity index (χ0) is 20.9. The lowest BCUT2D eigenvalue weighted by atomic mass is 10.1. The number of hydrogen-bond acceptors (Lipinski definition) is 4. The van der Waals surface area contributed by atoms with Crippen LogP contribution < -0.4 is 5.32 Å². The predicted octanol–water partition coefficient (Wildman–Crippen LogP) is 5.07. The molecular formula is C24H24N2O2S2. The van der Waals surface area contributed by atoms with E-state index >= 15 is 0 Å². The molecule has 0 bridgehead atoms. The number of nitrogens with one attached hydrogen (secondary N) is 1. The topological polar surface area (TPSA) is 49.4 Å². The van der Waals surface area contributed by atoms with Crippen LogP contribution in [0.3, 0.4) is 0 Å². The van der Waals surface area contributed by atoms with Gasteiger partial charge in [0.25, 0.3) is 5.91 Å². The average molecular weight is 437 g/mol. The van der Waals surface area contributed by atoms with Crippen molar-refractivity contribution in [3.8, 4) is 0 Å². The first-order chi connectivity index (χ1) is 14.6. The van der Waals surface area contributed by atoms with E-state index in [0.29, 0.717) is 11.3 Å². The van der Waals surface area contributed by atoms with Crippen LogP contribution in [-0.2, 0) is 4.79 Å². The van der Waals surface area contributed by atoms with Gasteiger partial charge in [-0.15, -0.1) is 11.8 Å². The SMILES string of the molecule is Cc1cc(C(=O)N2CCSCC2)ccc1NC(=O)CSc1ccc2ccccc2c1. The van der Waals surface area contributed by atoms with Gasteiger partial charge in [0.05, 0.1) is 5.75 Å². The molecule has 0 unspecified atom stereocenters. The molecule has 3 aromatic carbocycles. The molecule has 6 heteroatoms. The number of rotatable bonds is 5. The van der Waals surface area contributed by atoms with Gasteiger partial charge in [-0.1, -0.05) is 30.3 Å². The molecule has 0 aromatic heterocycles.